The molecule has 0 bridgehead atoms. The van der Waals surface area contributed by atoms with Gasteiger partial charge in [-0.05, 0) is 26.3 Å². The molecule has 6 heteroatoms. The predicted octanol–water partition coefficient (Wildman–Crippen LogP) is 1.19. The number of hydrogen-bond donors (Lipinski definition) is 3. The Morgan fingerprint density at radius 1 is 1.19 bits per heavy atom. The van der Waals surface area contributed by atoms with Crippen molar-refractivity contribution in [3.63, 3.8) is 0 Å². The molecule has 0 heterocycles. The molecule has 21 heavy (non-hydrogen) atoms. The molecule has 0 fully saturated rings. The van der Waals surface area contributed by atoms with Gasteiger partial charge in [-0.3, -0.25) is 4.79 Å². The third kappa shape index (κ3) is 7.31. The monoisotopic (exact) mass is 294 g/mol. The van der Waals surface area contributed by atoms with Gasteiger partial charge in [0.1, 0.15) is 11.7 Å². The van der Waals surface area contributed by atoms with Crippen LogP contribution >= 0.6 is 0 Å². The van der Waals surface area contributed by atoms with E-state index in [1.165, 1.54) is 0 Å². The topological polar surface area (TPSA) is 87.7 Å². The van der Waals surface area contributed by atoms with Gasteiger partial charge in [-0.2, -0.15) is 0 Å². The van der Waals surface area contributed by atoms with Crippen LogP contribution in [0, 0.1) is 0 Å². The van der Waals surface area contributed by atoms with Crippen molar-refractivity contribution in [2.75, 3.05) is 6.54 Å². The number of alkyl carbamates (subject to hydrolysis) is 1. The number of aliphatic hydroxyl groups is 1. The lowest BCUT2D eigenvalue weighted by Gasteiger charge is -2.20. The van der Waals surface area contributed by atoms with Crippen LogP contribution < -0.4 is 10.6 Å². The summed E-state index contributed by atoms with van der Waals surface area (Å²) in [4.78, 5) is 23.0. The zero-order valence-electron chi connectivity index (χ0n) is 12.6. The SMILES string of the molecule is CC(C)(C)OC(=O)NCC(O)C(=O)NCc1ccccc1. The zero-order chi connectivity index (χ0) is 15.9. The van der Waals surface area contributed by atoms with Gasteiger partial charge in [0.15, 0.2) is 0 Å². The lowest BCUT2D eigenvalue weighted by molar-refractivity contribution is -0.129. The third-order valence-electron chi connectivity index (χ3n) is 2.45. The van der Waals surface area contributed by atoms with Gasteiger partial charge < -0.3 is 20.5 Å². The van der Waals surface area contributed by atoms with Crippen molar-refractivity contribution < 1.29 is 19.4 Å². The minimum atomic E-state index is -1.32. The maximum Gasteiger partial charge on any atom is 0.407 e. The highest BCUT2D eigenvalue weighted by Gasteiger charge is 2.19. The van der Waals surface area contributed by atoms with Crippen LogP contribution in [-0.2, 0) is 16.1 Å². The second-order valence-electron chi connectivity index (χ2n) is 5.60. The normalized spacial score (nSPS) is 12.4. The average molecular weight is 294 g/mol. The molecule has 0 spiro atoms. The van der Waals surface area contributed by atoms with Gasteiger partial charge in [-0.15, -0.1) is 0 Å². The number of hydrogen-bond acceptors (Lipinski definition) is 4. The molecular weight excluding hydrogens is 272 g/mol. The van der Waals surface area contributed by atoms with Crippen molar-refractivity contribution in [1.29, 1.82) is 0 Å². The summed E-state index contributed by atoms with van der Waals surface area (Å²) in [6.45, 7) is 5.32. The fraction of sp³-hybridized carbons (Fsp3) is 0.467. The van der Waals surface area contributed by atoms with E-state index >= 15 is 0 Å². The number of benzene rings is 1. The van der Waals surface area contributed by atoms with Crippen molar-refractivity contribution in [2.24, 2.45) is 0 Å². The number of ether oxygens (including phenoxy) is 1. The first-order chi connectivity index (χ1) is 9.78. The van der Waals surface area contributed by atoms with E-state index in [1.54, 1.807) is 20.8 Å². The van der Waals surface area contributed by atoms with Crippen LogP contribution in [0.5, 0.6) is 0 Å². The summed E-state index contributed by atoms with van der Waals surface area (Å²) < 4.78 is 5.00. The Morgan fingerprint density at radius 2 is 1.81 bits per heavy atom. The molecule has 0 aliphatic heterocycles. The van der Waals surface area contributed by atoms with Crippen molar-refractivity contribution >= 4 is 12.0 Å². The standard InChI is InChI=1S/C15H22N2O4/c1-15(2,3)21-14(20)17-10-12(18)13(19)16-9-11-7-5-4-6-8-11/h4-8,12,18H,9-10H2,1-3H3,(H,16,19)(H,17,20). The number of aliphatic hydroxyl groups excluding tert-OH is 1. The van der Waals surface area contributed by atoms with E-state index in [4.69, 9.17) is 4.74 Å². The Morgan fingerprint density at radius 3 is 2.38 bits per heavy atom. The Kier molecular flexibility index (Phi) is 6.17. The number of nitrogens with one attached hydrogen (secondary N) is 2. The summed E-state index contributed by atoms with van der Waals surface area (Å²) >= 11 is 0. The highest BCUT2D eigenvalue weighted by Crippen LogP contribution is 2.06. The molecule has 1 aromatic carbocycles. The summed E-state index contributed by atoms with van der Waals surface area (Å²) in [5.74, 6) is -0.546. The Hall–Kier alpha value is -2.08. The van der Waals surface area contributed by atoms with Crippen LogP contribution in [0.4, 0.5) is 4.79 Å². The zero-order valence-corrected chi connectivity index (χ0v) is 12.6. The molecule has 0 saturated heterocycles. The van der Waals surface area contributed by atoms with E-state index in [-0.39, 0.29) is 6.54 Å². The van der Waals surface area contributed by atoms with Crippen LogP contribution in [0.1, 0.15) is 26.3 Å². The quantitative estimate of drug-likeness (QED) is 0.761. The van der Waals surface area contributed by atoms with E-state index in [1.807, 2.05) is 30.3 Å². The largest absolute Gasteiger partial charge is 0.444 e. The van der Waals surface area contributed by atoms with Crippen molar-refractivity contribution in [3.8, 4) is 0 Å². The Labute approximate surface area is 124 Å². The van der Waals surface area contributed by atoms with E-state index < -0.39 is 23.7 Å². The van der Waals surface area contributed by atoms with E-state index in [0.717, 1.165) is 5.56 Å². The van der Waals surface area contributed by atoms with Crippen molar-refractivity contribution in [1.82, 2.24) is 10.6 Å². The average Bonchev–Trinajstić information content (AvgIpc) is 2.41. The van der Waals surface area contributed by atoms with Crippen LogP contribution in [0.25, 0.3) is 0 Å². The van der Waals surface area contributed by atoms with Crippen LogP contribution in [0.3, 0.4) is 0 Å². The van der Waals surface area contributed by atoms with Gasteiger partial charge in [0.2, 0.25) is 0 Å². The molecule has 1 atom stereocenters. The summed E-state index contributed by atoms with van der Waals surface area (Å²) in [5, 5.41) is 14.6. The molecule has 1 unspecified atom stereocenters. The maximum absolute atomic E-state index is 11.7. The fourth-order valence-electron chi connectivity index (χ4n) is 1.49. The second kappa shape index (κ2) is 7.64. The lowest BCUT2D eigenvalue weighted by Crippen LogP contribution is -2.43. The molecule has 116 valence electrons. The third-order valence-corrected chi connectivity index (χ3v) is 2.45. The second-order valence-corrected chi connectivity index (χ2v) is 5.60. The number of carbonyl (C=O) groups is 2. The Bertz CT molecular complexity index is 468. The smallest absolute Gasteiger partial charge is 0.407 e. The van der Waals surface area contributed by atoms with E-state index in [2.05, 4.69) is 10.6 Å². The number of carbonyl (C=O) groups excluding carboxylic acids is 2. The summed E-state index contributed by atoms with van der Waals surface area (Å²) in [6, 6.07) is 9.34. The molecule has 6 nitrogen and oxygen atoms in total. The predicted molar refractivity (Wildman–Crippen MR) is 78.5 cm³/mol. The molecule has 2 amide bonds. The van der Waals surface area contributed by atoms with Crippen molar-refractivity contribution in [3.05, 3.63) is 35.9 Å². The highest BCUT2D eigenvalue weighted by atomic mass is 16.6. The summed E-state index contributed by atoms with van der Waals surface area (Å²) in [7, 11) is 0. The minimum Gasteiger partial charge on any atom is -0.444 e. The van der Waals surface area contributed by atoms with Crippen LogP contribution in [-0.4, -0.2) is 35.4 Å². The molecule has 0 aliphatic rings. The number of rotatable bonds is 5. The molecule has 0 radical (unpaired) electrons. The number of amides is 2. The van der Waals surface area contributed by atoms with Gasteiger partial charge >= 0.3 is 6.09 Å². The first-order valence-corrected chi connectivity index (χ1v) is 6.74. The molecule has 1 rings (SSSR count). The highest BCUT2D eigenvalue weighted by molar-refractivity contribution is 5.81. The van der Waals surface area contributed by atoms with E-state index in [9.17, 15) is 14.7 Å². The molecule has 3 N–H and O–H groups in total. The van der Waals surface area contributed by atoms with Gasteiger partial charge in [0.25, 0.3) is 5.91 Å². The molecule has 0 aliphatic carbocycles. The first kappa shape index (κ1) is 17.0. The maximum atomic E-state index is 11.7. The van der Waals surface area contributed by atoms with Gasteiger partial charge in [0.05, 0.1) is 6.54 Å². The molecule has 1 aromatic rings. The first-order valence-electron chi connectivity index (χ1n) is 6.74. The van der Waals surface area contributed by atoms with Gasteiger partial charge in [-0.25, -0.2) is 4.79 Å². The summed E-state index contributed by atoms with van der Waals surface area (Å²) in [5.41, 5.74) is 0.308. The summed E-state index contributed by atoms with van der Waals surface area (Å²) in [6.07, 6.45) is -1.99. The van der Waals surface area contributed by atoms with Crippen LogP contribution in [0.15, 0.2) is 30.3 Å². The van der Waals surface area contributed by atoms with E-state index in [0.29, 0.717) is 6.54 Å². The lowest BCUT2D eigenvalue weighted by atomic mass is 10.2. The molecule has 0 aromatic heterocycles. The Balaban J connectivity index is 2.30. The van der Waals surface area contributed by atoms with Gasteiger partial charge in [-0.1, -0.05) is 30.3 Å². The van der Waals surface area contributed by atoms with Crippen molar-refractivity contribution in [2.45, 2.75) is 39.0 Å². The van der Waals surface area contributed by atoms with Crippen LogP contribution in [0.2, 0.25) is 0 Å². The molecule has 0 saturated carbocycles. The molecular formula is C15H22N2O4. The minimum absolute atomic E-state index is 0.199. The van der Waals surface area contributed by atoms with Gasteiger partial charge in [0, 0.05) is 6.54 Å². The fourth-order valence-corrected chi connectivity index (χ4v) is 1.49.